The van der Waals surface area contributed by atoms with Crippen LogP contribution in [0.5, 0.6) is 0 Å². The van der Waals surface area contributed by atoms with Crippen molar-refractivity contribution in [3.63, 3.8) is 0 Å². The molecule has 0 saturated carbocycles. The van der Waals surface area contributed by atoms with Crippen LogP contribution in [0.15, 0.2) is 41.4 Å². The predicted molar refractivity (Wildman–Crippen MR) is 85.2 cm³/mol. The summed E-state index contributed by atoms with van der Waals surface area (Å²) >= 11 is 5.79. The number of halogens is 1. The fraction of sp³-hybridized carbons (Fsp3) is 0.154. The van der Waals surface area contributed by atoms with Gasteiger partial charge in [-0.3, -0.25) is 4.72 Å². The lowest BCUT2D eigenvalue weighted by Crippen LogP contribution is -2.14. The molecule has 2 aromatic rings. The Morgan fingerprint density at radius 2 is 1.86 bits per heavy atom. The average Bonchev–Trinajstić information content (AvgIpc) is 2.42. The summed E-state index contributed by atoms with van der Waals surface area (Å²) in [6.45, 7) is 0. The molecule has 0 atom stereocenters. The minimum absolute atomic E-state index is 0.0432. The Bertz CT molecular complexity index is 745. The van der Waals surface area contributed by atoms with Gasteiger partial charge in [0.1, 0.15) is 10.7 Å². The maximum absolute atomic E-state index is 12.2. The topological polar surface area (TPSA) is 88.3 Å². The van der Waals surface area contributed by atoms with Gasteiger partial charge < -0.3 is 10.6 Å². The fourth-order valence-corrected chi connectivity index (χ4v) is 2.88. The molecule has 8 heteroatoms. The molecule has 0 radical (unpaired) electrons. The van der Waals surface area contributed by atoms with Crippen molar-refractivity contribution in [3.05, 3.63) is 41.6 Å². The van der Waals surface area contributed by atoms with Gasteiger partial charge in [0.25, 0.3) is 10.0 Å². The number of pyridine rings is 1. The number of nitrogen functional groups attached to an aromatic ring is 1. The van der Waals surface area contributed by atoms with E-state index in [0.717, 1.165) is 11.9 Å². The summed E-state index contributed by atoms with van der Waals surface area (Å²) < 4.78 is 26.9. The fourth-order valence-electron chi connectivity index (χ4n) is 1.62. The number of nitrogens with zero attached hydrogens (tertiary/aromatic N) is 2. The van der Waals surface area contributed by atoms with Crippen molar-refractivity contribution in [2.75, 3.05) is 29.5 Å². The Labute approximate surface area is 128 Å². The van der Waals surface area contributed by atoms with E-state index in [1.54, 1.807) is 12.1 Å². The summed E-state index contributed by atoms with van der Waals surface area (Å²) in [5, 5.41) is 0.0980. The second kappa shape index (κ2) is 5.79. The Balaban J connectivity index is 2.26. The van der Waals surface area contributed by atoms with Gasteiger partial charge in [0.15, 0.2) is 0 Å². The molecule has 1 heterocycles. The molecule has 1 aromatic carbocycles. The van der Waals surface area contributed by atoms with Crippen molar-refractivity contribution in [2.45, 2.75) is 4.90 Å². The first-order valence-corrected chi connectivity index (χ1v) is 7.87. The van der Waals surface area contributed by atoms with Crippen LogP contribution >= 0.6 is 11.6 Å². The van der Waals surface area contributed by atoms with E-state index in [2.05, 4.69) is 9.71 Å². The summed E-state index contributed by atoms with van der Waals surface area (Å²) in [5.74, 6) is 0.0888. The van der Waals surface area contributed by atoms with Gasteiger partial charge in [-0.15, -0.1) is 0 Å². The summed E-state index contributed by atoms with van der Waals surface area (Å²) in [4.78, 5) is 5.62. The number of rotatable bonds is 4. The third kappa shape index (κ3) is 3.56. The third-order valence-electron chi connectivity index (χ3n) is 2.79. The molecule has 0 bridgehead atoms. The largest absolute Gasteiger partial charge is 0.382 e. The number of aromatic nitrogens is 1. The number of sulfonamides is 1. The van der Waals surface area contributed by atoms with E-state index in [0.29, 0.717) is 5.69 Å². The quantitative estimate of drug-likeness (QED) is 0.899. The van der Waals surface area contributed by atoms with Crippen LogP contribution in [0.2, 0.25) is 5.02 Å². The minimum Gasteiger partial charge on any atom is -0.382 e. The van der Waals surface area contributed by atoms with E-state index < -0.39 is 10.0 Å². The molecule has 21 heavy (non-hydrogen) atoms. The van der Waals surface area contributed by atoms with Gasteiger partial charge in [-0.25, -0.2) is 13.4 Å². The van der Waals surface area contributed by atoms with Gasteiger partial charge in [-0.1, -0.05) is 11.6 Å². The zero-order valence-corrected chi connectivity index (χ0v) is 13.1. The normalized spacial score (nSPS) is 11.2. The molecule has 0 aliphatic rings. The molecule has 0 aliphatic carbocycles. The molecule has 2 rings (SSSR count). The van der Waals surface area contributed by atoms with E-state index >= 15 is 0 Å². The van der Waals surface area contributed by atoms with Gasteiger partial charge in [0.05, 0.1) is 5.02 Å². The number of nitrogens with two attached hydrogens (primary N) is 1. The minimum atomic E-state index is -3.75. The first-order valence-electron chi connectivity index (χ1n) is 6.01. The molecular weight excluding hydrogens is 312 g/mol. The maximum Gasteiger partial charge on any atom is 0.263 e. The number of hydrogen-bond donors (Lipinski definition) is 2. The van der Waals surface area contributed by atoms with Gasteiger partial charge >= 0.3 is 0 Å². The first kappa shape index (κ1) is 15.4. The van der Waals surface area contributed by atoms with E-state index in [4.69, 9.17) is 17.3 Å². The van der Waals surface area contributed by atoms with E-state index in [1.165, 1.54) is 6.07 Å². The zero-order chi connectivity index (χ0) is 15.6. The zero-order valence-electron chi connectivity index (χ0n) is 11.5. The molecule has 0 saturated heterocycles. The molecule has 0 amide bonds. The van der Waals surface area contributed by atoms with E-state index in [9.17, 15) is 8.42 Å². The maximum atomic E-state index is 12.2. The Morgan fingerprint density at radius 3 is 2.38 bits per heavy atom. The molecule has 0 aliphatic heterocycles. The van der Waals surface area contributed by atoms with E-state index in [-0.39, 0.29) is 15.7 Å². The van der Waals surface area contributed by atoms with Crippen LogP contribution in [0.25, 0.3) is 0 Å². The molecule has 112 valence electrons. The van der Waals surface area contributed by atoms with Gasteiger partial charge in [0.2, 0.25) is 0 Å². The lowest BCUT2D eigenvalue weighted by atomic mass is 10.3. The molecule has 0 unspecified atom stereocenters. The molecule has 6 nitrogen and oxygen atoms in total. The highest BCUT2D eigenvalue weighted by atomic mass is 35.5. The van der Waals surface area contributed by atoms with Crippen molar-refractivity contribution in [1.29, 1.82) is 0 Å². The summed E-state index contributed by atoms with van der Waals surface area (Å²) in [5.41, 5.74) is 6.89. The SMILES string of the molecule is CN(C)c1ccc(NS(=O)(=O)c2cnc(N)c(Cl)c2)cc1. The summed E-state index contributed by atoms with van der Waals surface area (Å²) in [6, 6.07) is 8.25. The lowest BCUT2D eigenvalue weighted by Gasteiger charge is -2.13. The van der Waals surface area contributed by atoms with Crippen molar-refractivity contribution >= 4 is 38.8 Å². The molecule has 0 spiro atoms. The van der Waals surface area contributed by atoms with Crippen LogP contribution in [0.1, 0.15) is 0 Å². The predicted octanol–water partition coefficient (Wildman–Crippen LogP) is 2.18. The van der Waals surface area contributed by atoms with Crippen molar-refractivity contribution < 1.29 is 8.42 Å². The van der Waals surface area contributed by atoms with Crippen LogP contribution in [0.4, 0.5) is 17.2 Å². The number of hydrogen-bond acceptors (Lipinski definition) is 5. The Kier molecular flexibility index (Phi) is 4.24. The standard InChI is InChI=1S/C13H15ClN4O2S/c1-18(2)10-5-3-9(4-6-10)17-21(19,20)11-7-12(14)13(15)16-8-11/h3-8,17H,1-2H3,(H2,15,16). The van der Waals surface area contributed by atoms with Crippen LogP contribution in [-0.2, 0) is 10.0 Å². The van der Waals surface area contributed by atoms with Crippen LogP contribution in [0.3, 0.4) is 0 Å². The summed E-state index contributed by atoms with van der Waals surface area (Å²) in [7, 11) is 0.0562. The van der Waals surface area contributed by atoms with Crippen molar-refractivity contribution in [3.8, 4) is 0 Å². The average molecular weight is 327 g/mol. The number of anilines is 3. The highest BCUT2D eigenvalue weighted by Crippen LogP contribution is 2.23. The highest BCUT2D eigenvalue weighted by molar-refractivity contribution is 7.92. The van der Waals surface area contributed by atoms with Crippen LogP contribution < -0.4 is 15.4 Å². The van der Waals surface area contributed by atoms with Gasteiger partial charge in [-0.2, -0.15) is 0 Å². The van der Waals surface area contributed by atoms with E-state index in [1.807, 2.05) is 31.1 Å². The van der Waals surface area contributed by atoms with Gasteiger partial charge in [0, 0.05) is 31.7 Å². The van der Waals surface area contributed by atoms with Gasteiger partial charge in [-0.05, 0) is 30.3 Å². The second-order valence-electron chi connectivity index (χ2n) is 4.58. The van der Waals surface area contributed by atoms with Crippen LogP contribution in [0, 0.1) is 0 Å². The Morgan fingerprint density at radius 1 is 1.24 bits per heavy atom. The molecule has 0 fully saturated rings. The molecule has 1 aromatic heterocycles. The smallest absolute Gasteiger partial charge is 0.263 e. The third-order valence-corrected chi connectivity index (χ3v) is 4.44. The monoisotopic (exact) mass is 326 g/mol. The summed E-state index contributed by atoms with van der Waals surface area (Å²) in [6.07, 6.45) is 1.16. The van der Waals surface area contributed by atoms with Crippen LogP contribution in [-0.4, -0.2) is 27.5 Å². The first-order chi connectivity index (χ1) is 9.79. The number of benzene rings is 1. The number of nitrogens with one attached hydrogen (secondary N) is 1. The molecular formula is C13H15ClN4O2S. The molecule has 3 N–H and O–H groups in total. The lowest BCUT2D eigenvalue weighted by molar-refractivity contribution is 0.601. The Hall–Kier alpha value is -1.99. The highest BCUT2D eigenvalue weighted by Gasteiger charge is 2.16. The van der Waals surface area contributed by atoms with Crippen molar-refractivity contribution in [2.24, 2.45) is 0 Å². The van der Waals surface area contributed by atoms with Crippen molar-refractivity contribution in [1.82, 2.24) is 4.98 Å². The second-order valence-corrected chi connectivity index (χ2v) is 6.67.